The molecular weight excluding hydrogens is 341 g/mol. The lowest BCUT2D eigenvalue weighted by molar-refractivity contribution is -0.114. The third-order valence-electron chi connectivity index (χ3n) is 4.27. The van der Waals surface area contributed by atoms with Crippen molar-refractivity contribution in [3.8, 4) is 0 Å². The molecule has 3 rings (SSSR count). The molecule has 112 valence electrons. The molecule has 1 fully saturated rings. The first-order valence-electron chi connectivity index (χ1n) is 6.86. The summed E-state index contributed by atoms with van der Waals surface area (Å²) in [4.78, 5) is 25.6. The normalized spacial score (nSPS) is 20.8. The van der Waals surface area contributed by atoms with Gasteiger partial charge in [0, 0.05) is 30.5 Å². The van der Waals surface area contributed by atoms with Crippen molar-refractivity contribution in [2.24, 2.45) is 5.41 Å². The van der Waals surface area contributed by atoms with Gasteiger partial charge in [-0.1, -0.05) is 15.9 Å². The van der Waals surface area contributed by atoms with Gasteiger partial charge in [-0.05, 0) is 31.0 Å². The van der Waals surface area contributed by atoms with E-state index in [-0.39, 0.29) is 11.0 Å². The highest BCUT2D eigenvalue weighted by atomic mass is 79.9. The second-order valence-corrected chi connectivity index (χ2v) is 6.19. The van der Waals surface area contributed by atoms with E-state index in [1.165, 1.54) is 23.1 Å². The van der Waals surface area contributed by atoms with E-state index < -0.39 is 17.5 Å². The second-order valence-electron chi connectivity index (χ2n) is 5.63. The number of ketones is 1. The van der Waals surface area contributed by atoms with Crippen molar-refractivity contribution in [1.82, 2.24) is 0 Å². The third-order valence-corrected chi connectivity index (χ3v) is 5.45. The van der Waals surface area contributed by atoms with E-state index in [2.05, 4.69) is 15.9 Å². The Kier molecular flexibility index (Phi) is 3.84. The average molecular weight is 356 g/mol. The molecule has 2 heterocycles. The molecule has 2 aliphatic rings. The highest BCUT2D eigenvalue weighted by Crippen LogP contribution is 2.38. The van der Waals surface area contributed by atoms with Gasteiger partial charge >= 0.3 is 0 Å². The lowest BCUT2D eigenvalue weighted by Crippen LogP contribution is -2.44. The summed E-state index contributed by atoms with van der Waals surface area (Å²) in [6.45, 7) is 1.68. The molecule has 1 saturated heterocycles. The summed E-state index contributed by atoms with van der Waals surface area (Å²) >= 11 is 3.51. The van der Waals surface area contributed by atoms with Crippen LogP contribution >= 0.6 is 15.9 Å². The average Bonchev–Trinajstić information content (AvgIpc) is 2.73. The number of ether oxygens (including phenoxy) is 1. The molecule has 6 heteroatoms. The van der Waals surface area contributed by atoms with Crippen molar-refractivity contribution in [3.63, 3.8) is 0 Å². The number of carbonyl (C=O) groups is 2. The van der Waals surface area contributed by atoms with Crippen LogP contribution in [0.15, 0.2) is 18.2 Å². The quantitative estimate of drug-likeness (QED) is 0.618. The number of nitrogens with zero attached hydrogens (tertiary/aromatic N) is 1. The van der Waals surface area contributed by atoms with Crippen LogP contribution in [0.25, 0.3) is 0 Å². The minimum absolute atomic E-state index is 0.137. The summed E-state index contributed by atoms with van der Waals surface area (Å²) in [5, 5.41) is 0.714. The lowest BCUT2D eigenvalue weighted by Gasteiger charge is -2.38. The standard InChI is InChI=1S/C15H15BrFNO3/c16-8-15(3-5-21-6-4-15)9-18-12-7-10(17)1-2-11(12)13(19)14(18)20/h1-2,7H,3-6,8-9H2. The number of halogens is 2. The molecule has 0 N–H and O–H groups in total. The van der Waals surface area contributed by atoms with Crippen molar-refractivity contribution >= 4 is 33.3 Å². The molecule has 0 aliphatic carbocycles. The zero-order chi connectivity index (χ0) is 15.0. The number of alkyl halides is 1. The zero-order valence-corrected chi connectivity index (χ0v) is 13.0. The van der Waals surface area contributed by atoms with Gasteiger partial charge in [-0.2, -0.15) is 0 Å². The molecule has 2 aliphatic heterocycles. The Morgan fingerprint density at radius 2 is 2.00 bits per heavy atom. The summed E-state index contributed by atoms with van der Waals surface area (Å²) in [5.41, 5.74) is 0.539. The smallest absolute Gasteiger partial charge is 0.299 e. The molecule has 1 aromatic carbocycles. The number of fused-ring (bicyclic) bond motifs is 1. The number of carbonyl (C=O) groups excluding carboxylic acids is 2. The molecule has 0 unspecified atom stereocenters. The molecule has 0 saturated carbocycles. The Labute approximate surface area is 130 Å². The van der Waals surface area contributed by atoms with Crippen LogP contribution in [-0.2, 0) is 9.53 Å². The number of benzene rings is 1. The predicted molar refractivity (Wildman–Crippen MR) is 79.4 cm³/mol. The maximum Gasteiger partial charge on any atom is 0.299 e. The summed E-state index contributed by atoms with van der Waals surface area (Å²) in [6.07, 6.45) is 1.61. The number of anilines is 1. The van der Waals surface area contributed by atoms with E-state index >= 15 is 0 Å². The van der Waals surface area contributed by atoms with Gasteiger partial charge < -0.3 is 9.64 Å². The largest absolute Gasteiger partial charge is 0.381 e. The van der Waals surface area contributed by atoms with Crippen LogP contribution in [0.2, 0.25) is 0 Å². The van der Waals surface area contributed by atoms with Crippen molar-refractivity contribution in [2.45, 2.75) is 12.8 Å². The van der Waals surface area contributed by atoms with Crippen LogP contribution in [0.5, 0.6) is 0 Å². The molecule has 21 heavy (non-hydrogen) atoms. The van der Waals surface area contributed by atoms with E-state index in [0.29, 0.717) is 30.8 Å². The van der Waals surface area contributed by atoms with E-state index in [1.54, 1.807) is 0 Å². The van der Waals surface area contributed by atoms with Crippen LogP contribution in [0.1, 0.15) is 23.2 Å². The molecule has 1 aromatic rings. The van der Waals surface area contributed by atoms with Gasteiger partial charge in [-0.3, -0.25) is 9.59 Å². The number of rotatable bonds is 3. The van der Waals surface area contributed by atoms with Gasteiger partial charge in [0.15, 0.2) is 0 Å². The monoisotopic (exact) mass is 355 g/mol. The fraction of sp³-hybridized carbons (Fsp3) is 0.467. The maximum atomic E-state index is 13.5. The molecule has 0 aromatic heterocycles. The van der Waals surface area contributed by atoms with E-state index in [4.69, 9.17) is 4.74 Å². The Hall–Kier alpha value is -1.27. The van der Waals surface area contributed by atoms with Gasteiger partial charge in [-0.15, -0.1) is 0 Å². The van der Waals surface area contributed by atoms with Gasteiger partial charge in [0.2, 0.25) is 0 Å². The number of hydrogen-bond acceptors (Lipinski definition) is 3. The molecule has 1 amide bonds. The van der Waals surface area contributed by atoms with Gasteiger partial charge in [-0.25, -0.2) is 4.39 Å². The molecule has 0 bridgehead atoms. The van der Waals surface area contributed by atoms with Crippen molar-refractivity contribution in [2.75, 3.05) is 30.0 Å². The number of amides is 1. The van der Waals surface area contributed by atoms with Crippen molar-refractivity contribution < 1.29 is 18.7 Å². The van der Waals surface area contributed by atoms with Crippen LogP contribution in [0.4, 0.5) is 10.1 Å². The summed E-state index contributed by atoms with van der Waals surface area (Å²) in [7, 11) is 0. The van der Waals surface area contributed by atoms with Crippen LogP contribution in [-0.4, -0.2) is 36.8 Å². The molecule has 0 atom stereocenters. The first kappa shape index (κ1) is 14.7. The fourth-order valence-corrected chi connectivity index (χ4v) is 3.64. The number of Topliss-reactive ketones (excluding diaryl/α,β-unsaturated/α-hetero) is 1. The Morgan fingerprint density at radius 3 is 2.67 bits per heavy atom. The van der Waals surface area contributed by atoms with E-state index in [1.807, 2.05) is 0 Å². The predicted octanol–water partition coefficient (Wildman–Crippen LogP) is 2.55. The first-order chi connectivity index (χ1) is 10.1. The fourth-order valence-electron chi connectivity index (χ4n) is 2.90. The van der Waals surface area contributed by atoms with Crippen LogP contribution < -0.4 is 4.90 Å². The SMILES string of the molecule is O=C1C(=O)N(CC2(CBr)CCOCC2)c2cc(F)ccc21. The van der Waals surface area contributed by atoms with Gasteiger partial charge in [0.1, 0.15) is 5.82 Å². The highest BCUT2D eigenvalue weighted by molar-refractivity contribution is 9.09. The summed E-state index contributed by atoms with van der Waals surface area (Å²) in [6, 6.07) is 3.86. The zero-order valence-electron chi connectivity index (χ0n) is 11.4. The Bertz CT molecular complexity index is 599. The number of hydrogen-bond donors (Lipinski definition) is 0. The topological polar surface area (TPSA) is 46.6 Å². The Morgan fingerprint density at radius 1 is 1.29 bits per heavy atom. The van der Waals surface area contributed by atoms with Crippen molar-refractivity contribution in [1.29, 1.82) is 0 Å². The van der Waals surface area contributed by atoms with E-state index in [9.17, 15) is 14.0 Å². The lowest BCUT2D eigenvalue weighted by atomic mass is 9.82. The van der Waals surface area contributed by atoms with Gasteiger partial charge in [0.05, 0.1) is 11.3 Å². The molecule has 4 nitrogen and oxygen atoms in total. The van der Waals surface area contributed by atoms with Crippen molar-refractivity contribution in [3.05, 3.63) is 29.6 Å². The third kappa shape index (κ3) is 2.51. The summed E-state index contributed by atoms with van der Waals surface area (Å²) < 4.78 is 18.8. The highest BCUT2D eigenvalue weighted by Gasteiger charge is 2.42. The molecular formula is C15H15BrFNO3. The van der Waals surface area contributed by atoms with Gasteiger partial charge in [0.25, 0.3) is 11.7 Å². The summed E-state index contributed by atoms with van der Waals surface area (Å²) in [5.74, 6) is -1.56. The Balaban J connectivity index is 1.94. The van der Waals surface area contributed by atoms with Crippen LogP contribution in [0, 0.1) is 11.2 Å². The first-order valence-corrected chi connectivity index (χ1v) is 7.98. The maximum absolute atomic E-state index is 13.5. The molecule has 0 radical (unpaired) electrons. The molecule has 0 spiro atoms. The minimum Gasteiger partial charge on any atom is -0.381 e. The minimum atomic E-state index is -0.567. The van der Waals surface area contributed by atoms with Crippen LogP contribution in [0.3, 0.4) is 0 Å². The van der Waals surface area contributed by atoms with E-state index in [0.717, 1.165) is 12.8 Å². The second kappa shape index (κ2) is 5.50.